The van der Waals surface area contributed by atoms with Crippen LogP contribution in [0.15, 0.2) is 36.9 Å². The highest BCUT2D eigenvalue weighted by atomic mass is 16.2. The Hall–Kier alpha value is -2.96. The van der Waals surface area contributed by atoms with Crippen molar-refractivity contribution in [3.8, 4) is 0 Å². The van der Waals surface area contributed by atoms with Crippen LogP contribution in [-0.2, 0) is 11.2 Å². The van der Waals surface area contributed by atoms with E-state index < -0.39 is 0 Å². The average molecular weight is 336 g/mol. The minimum atomic E-state index is 0.184. The topological polar surface area (TPSA) is 78.0 Å². The number of imidazole rings is 1. The molecule has 0 bridgehead atoms. The van der Waals surface area contributed by atoms with Gasteiger partial charge in [-0.25, -0.2) is 15.0 Å². The molecule has 7 nitrogen and oxygen atoms in total. The highest BCUT2D eigenvalue weighted by Gasteiger charge is 2.23. The molecule has 0 aliphatic carbocycles. The minimum absolute atomic E-state index is 0.184. The van der Waals surface area contributed by atoms with Gasteiger partial charge in [-0.05, 0) is 18.1 Å². The maximum atomic E-state index is 12.6. The van der Waals surface area contributed by atoms with E-state index in [0.717, 1.165) is 35.6 Å². The predicted octanol–water partition coefficient (Wildman–Crippen LogP) is 1.55. The summed E-state index contributed by atoms with van der Waals surface area (Å²) in [5, 5.41) is 0. The molecule has 3 aromatic rings. The summed E-state index contributed by atoms with van der Waals surface area (Å²) in [4.78, 5) is 32.5. The number of carbonyl (C=O) groups excluding carboxylic acids is 1. The highest BCUT2D eigenvalue weighted by Crippen LogP contribution is 2.21. The molecule has 3 heterocycles. The zero-order chi connectivity index (χ0) is 17.2. The van der Waals surface area contributed by atoms with E-state index in [-0.39, 0.29) is 5.91 Å². The van der Waals surface area contributed by atoms with Gasteiger partial charge in [0.25, 0.3) is 0 Å². The third kappa shape index (κ3) is 3.05. The zero-order valence-corrected chi connectivity index (χ0v) is 14.1. The van der Waals surface area contributed by atoms with Crippen LogP contribution < -0.4 is 4.90 Å². The number of benzene rings is 1. The molecule has 0 spiro atoms. The molecule has 0 saturated carbocycles. The number of carbonyl (C=O) groups is 1. The van der Waals surface area contributed by atoms with Crippen LogP contribution in [0, 0.1) is 6.92 Å². The summed E-state index contributed by atoms with van der Waals surface area (Å²) in [6, 6.07) is 8.06. The quantitative estimate of drug-likeness (QED) is 0.785. The summed E-state index contributed by atoms with van der Waals surface area (Å²) < 4.78 is 0. The Labute approximate surface area is 145 Å². The molecular weight excluding hydrogens is 316 g/mol. The largest absolute Gasteiger partial charge is 0.351 e. The van der Waals surface area contributed by atoms with Crippen molar-refractivity contribution in [2.24, 2.45) is 0 Å². The second-order valence-electron chi connectivity index (χ2n) is 6.27. The van der Waals surface area contributed by atoms with Crippen LogP contribution in [0.1, 0.15) is 11.1 Å². The molecule has 1 fully saturated rings. The van der Waals surface area contributed by atoms with Crippen molar-refractivity contribution in [3.05, 3.63) is 48.0 Å². The lowest BCUT2D eigenvalue weighted by Gasteiger charge is -2.35. The summed E-state index contributed by atoms with van der Waals surface area (Å²) in [7, 11) is 0. The van der Waals surface area contributed by atoms with E-state index in [0.29, 0.717) is 25.2 Å². The van der Waals surface area contributed by atoms with E-state index in [1.54, 1.807) is 6.33 Å². The van der Waals surface area contributed by atoms with E-state index in [2.05, 4.69) is 24.8 Å². The maximum absolute atomic E-state index is 12.6. The molecule has 1 saturated heterocycles. The standard InChI is InChI=1S/C18H20N6O/c1-13-4-2-3-5-14(13)10-15(25)23-6-8-24(9-7-23)18-16-17(20-11-19-16)21-12-22-18/h2-5,11-12H,6-10H2,1H3,(H,19,20,21,22). The van der Waals surface area contributed by atoms with Crippen molar-refractivity contribution < 1.29 is 4.79 Å². The minimum Gasteiger partial charge on any atom is -0.351 e. The molecule has 4 rings (SSSR count). The molecule has 1 aromatic carbocycles. The van der Waals surface area contributed by atoms with Gasteiger partial charge in [-0.3, -0.25) is 4.79 Å². The third-order valence-corrected chi connectivity index (χ3v) is 4.74. The maximum Gasteiger partial charge on any atom is 0.227 e. The summed E-state index contributed by atoms with van der Waals surface area (Å²) in [6.45, 7) is 4.95. The number of H-pyrrole nitrogens is 1. The molecule has 1 aliphatic rings. The van der Waals surface area contributed by atoms with Crippen LogP contribution in [0.2, 0.25) is 0 Å². The first-order chi connectivity index (χ1) is 12.2. The van der Waals surface area contributed by atoms with Gasteiger partial charge in [-0.1, -0.05) is 24.3 Å². The van der Waals surface area contributed by atoms with Gasteiger partial charge in [0.15, 0.2) is 11.5 Å². The van der Waals surface area contributed by atoms with Crippen molar-refractivity contribution >= 4 is 22.9 Å². The fraction of sp³-hybridized carbons (Fsp3) is 0.333. The Balaban J connectivity index is 1.42. The summed E-state index contributed by atoms with van der Waals surface area (Å²) >= 11 is 0. The van der Waals surface area contributed by atoms with Crippen molar-refractivity contribution in [1.82, 2.24) is 24.8 Å². The number of aromatic nitrogens is 4. The molecule has 7 heteroatoms. The molecule has 1 N–H and O–H groups in total. The summed E-state index contributed by atoms with van der Waals surface area (Å²) in [5.41, 5.74) is 3.78. The van der Waals surface area contributed by atoms with Gasteiger partial charge in [0, 0.05) is 26.2 Å². The van der Waals surface area contributed by atoms with E-state index >= 15 is 0 Å². The number of piperazine rings is 1. The van der Waals surface area contributed by atoms with Crippen molar-refractivity contribution in [2.75, 3.05) is 31.1 Å². The van der Waals surface area contributed by atoms with Crippen molar-refractivity contribution in [2.45, 2.75) is 13.3 Å². The zero-order valence-electron chi connectivity index (χ0n) is 14.1. The molecule has 25 heavy (non-hydrogen) atoms. The highest BCUT2D eigenvalue weighted by molar-refractivity contribution is 5.83. The SMILES string of the molecule is Cc1ccccc1CC(=O)N1CCN(c2ncnc3nc[nH]c23)CC1. The Kier molecular flexibility index (Phi) is 4.05. The van der Waals surface area contributed by atoms with Gasteiger partial charge in [0.05, 0.1) is 12.7 Å². The van der Waals surface area contributed by atoms with Gasteiger partial charge in [0.1, 0.15) is 11.8 Å². The Morgan fingerprint density at radius 1 is 1.12 bits per heavy atom. The fourth-order valence-electron chi connectivity index (χ4n) is 3.24. The number of nitrogens with one attached hydrogen (secondary N) is 1. The first kappa shape index (κ1) is 15.6. The first-order valence-corrected chi connectivity index (χ1v) is 8.43. The van der Waals surface area contributed by atoms with Gasteiger partial charge >= 0.3 is 0 Å². The molecule has 1 amide bonds. The molecule has 2 aromatic heterocycles. The van der Waals surface area contributed by atoms with E-state index in [1.807, 2.05) is 36.1 Å². The van der Waals surface area contributed by atoms with E-state index in [9.17, 15) is 4.79 Å². The summed E-state index contributed by atoms with van der Waals surface area (Å²) in [6.07, 6.45) is 3.63. The van der Waals surface area contributed by atoms with Gasteiger partial charge in [-0.2, -0.15) is 0 Å². The smallest absolute Gasteiger partial charge is 0.227 e. The van der Waals surface area contributed by atoms with Crippen molar-refractivity contribution in [1.29, 1.82) is 0 Å². The van der Waals surface area contributed by atoms with Crippen LogP contribution in [0.3, 0.4) is 0 Å². The van der Waals surface area contributed by atoms with Crippen LogP contribution in [0.4, 0.5) is 5.82 Å². The fourth-order valence-corrected chi connectivity index (χ4v) is 3.24. The monoisotopic (exact) mass is 336 g/mol. The molecule has 128 valence electrons. The number of hydrogen-bond donors (Lipinski definition) is 1. The number of fused-ring (bicyclic) bond motifs is 1. The second kappa shape index (κ2) is 6.51. The Morgan fingerprint density at radius 2 is 1.92 bits per heavy atom. The lowest BCUT2D eigenvalue weighted by Crippen LogP contribution is -2.49. The number of aromatic amines is 1. The number of rotatable bonds is 3. The van der Waals surface area contributed by atoms with E-state index in [4.69, 9.17) is 0 Å². The van der Waals surface area contributed by atoms with Gasteiger partial charge in [0.2, 0.25) is 5.91 Å². The molecule has 0 unspecified atom stereocenters. The van der Waals surface area contributed by atoms with Crippen LogP contribution in [0.25, 0.3) is 11.2 Å². The number of hydrogen-bond acceptors (Lipinski definition) is 5. The number of amides is 1. The van der Waals surface area contributed by atoms with E-state index in [1.165, 1.54) is 6.33 Å². The lowest BCUT2D eigenvalue weighted by atomic mass is 10.1. The second-order valence-corrected chi connectivity index (χ2v) is 6.27. The molecular formula is C18H20N6O. The van der Waals surface area contributed by atoms with Crippen LogP contribution >= 0.6 is 0 Å². The normalized spacial score (nSPS) is 14.9. The lowest BCUT2D eigenvalue weighted by molar-refractivity contribution is -0.130. The Bertz CT molecular complexity index is 897. The predicted molar refractivity (Wildman–Crippen MR) is 95.4 cm³/mol. The average Bonchev–Trinajstić information content (AvgIpc) is 3.12. The van der Waals surface area contributed by atoms with Crippen LogP contribution in [0.5, 0.6) is 0 Å². The third-order valence-electron chi connectivity index (χ3n) is 4.74. The van der Waals surface area contributed by atoms with Crippen molar-refractivity contribution in [3.63, 3.8) is 0 Å². The number of anilines is 1. The molecule has 0 radical (unpaired) electrons. The first-order valence-electron chi connectivity index (χ1n) is 8.43. The Morgan fingerprint density at radius 3 is 2.72 bits per heavy atom. The number of nitrogens with zero attached hydrogens (tertiary/aromatic N) is 5. The molecule has 0 atom stereocenters. The summed E-state index contributed by atoms with van der Waals surface area (Å²) in [5.74, 6) is 1.04. The van der Waals surface area contributed by atoms with Gasteiger partial charge in [-0.15, -0.1) is 0 Å². The van der Waals surface area contributed by atoms with Gasteiger partial charge < -0.3 is 14.8 Å². The number of aryl methyl sites for hydroxylation is 1. The molecule has 1 aliphatic heterocycles. The van der Waals surface area contributed by atoms with Crippen LogP contribution in [-0.4, -0.2) is 56.9 Å².